The van der Waals surface area contributed by atoms with Gasteiger partial charge in [-0.15, -0.1) is 11.3 Å². The van der Waals surface area contributed by atoms with Gasteiger partial charge in [0, 0.05) is 17.9 Å². The third-order valence-electron chi connectivity index (χ3n) is 3.74. The first-order chi connectivity index (χ1) is 10.9. The van der Waals surface area contributed by atoms with Crippen molar-refractivity contribution in [2.24, 2.45) is 0 Å². The zero-order valence-corrected chi connectivity index (χ0v) is 14.8. The molecule has 0 radical (unpaired) electrons. The second kappa shape index (κ2) is 6.29. The number of hydrogen-bond acceptors (Lipinski definition) is 5. The number of fused-ring (bicyclic) bond motifs is 1. The van der Waals surface area contributed by atoms with Crippen LogP contribution in [0.5, 0.6) is 0 Å². The molecule has 0 saturated heterocycles. The van der Waals surface area contributed by atoms with E-state index in [1.807, 2.05) is 0 Å². The molecule has 23 heavy (non-hydrogen) atoms. The van der Waals surface area contributed by atoms with Crippen LogP contribution in [0.2, 0.25) is 0 Å². The van der Waals surface area contributed by atoms with Crippen molar-refractivity contribution in [1.29, 1.82) is 0 Å². The van der Waals surface area contributed by atoms with Crippen LogP contribution in [0.1, 0.15) is 22.3 Å². The number of non-ortho nitro benzene ring substituents is 1. The van der Waals surface area contributed by atoms with Crippen molar-refractivity contribution in [2.75, 3.05) is 0 Å². The maximum Gasteiger partial charge on any atom is 0.270 e. The minimum atomic E-state index is -0.370. The van der Waals surface area contributed by atoms with Gasteiger partial charge in [-0.2, -0.15) is 0 Å². The fourth-order valence-electron chi connectivity index (χ4n) is 2.64. The molecule has 6 heteroatoms. The van der Waals surface area contributed by atoms with E-state index in [9.17, 15) is 10.1 Å². The quantitative estimate of drug-likeness (QED) is 0.360. The van der Waals surface area contributed by atoms with E-state index in [0.717, 1.165) is 20.3 Å². The summed E-state index contributed by atoms with van der Waals surface area (Å²) in [6, 6.07) is 9.22. The van der Waals surface area contributed by atoms with Crippen LogP contribution in [0.3, 0.4) is 0 Å². The fraction of sp³-hybridized carbons (Fsp3) is 0.235. The van der Waals surface area contributed by atoms with Crippen LogP contribution in [0, 0.1) is 30.9 Å². The number of aromatic nitrogens is 1. The van der Waals surface area contributed by atoms with Crippen molar-refractivity contribution in [3.05, 3.63) is 62.7 Å². The molecule has 0 amide bonds. The number of hydrogen-bond donors (Lipinski definition) is 0. The van der Waals surface area contributed by atoms with Crippen molar-refractivity contribution in [3.63, 3.8) is 0 Å². The molecule has 0 aliphatic carbocycles. The summed E-state index contributed by atoms with van der Waals surface area (Å²) in [5.41, 5.74) is 6.15. The maximum atomic E-state index is 10.8. The summed E-state index contributed by atoms with van der Waals surface area (Å²) in [4.78, 5) is 15.0. The van der Waals surface area contributed by atoms with Gasteiger partial charge in [-0.25, -0.2) is 4.98 Å². The predicted molar refractivity (Wildman–Crippen MR) is 96.5 cm³/mol. The van der Waals surface area contributed by atoms with Crippen molar-refractivity contribution < 1.29 is 4.92 Å². The fourth-order valence-corrected chi connectivity index (χ4v) is 4.94. The number of rotatable bonds is 4. The normalized spacial score (nSPS) is 11.1. The van der Waals surface area contributed by atoms with Crippen LogP contribution in [-0.4, -0.2) is 9.91 Å². The van der Waals surface area contributed by atoms with E-state index in [1.165, 1.54) is 39.7 Å². The van der Waals surface area contributed by atoms with Gasteiger partial charge >= 0.3 is 0 Å². The van der Waals surface area contributed by atoms with Crippen LogP contribution in [-0.2, 0) is 5.75 Å². The van der Waals surface area contributed by atoms with Crippen molar-refractivity contribution in [3.8, 4) is 0 Å². The molecular formula is C17H16N2O2S2. The standard InChI is InChI=1S/C17H16N2O2S2/c1-10-6-11(2)14(12(3)7-10)9-22-17-18-15-5-4-13(19(20)21)8-16(15)23-17/h4-8H,9H2,1-3H3. The van der Waals surface area contributed by atoms with Gasteiger partial charge in [-0.05, 0) is 43.5 Å². The third kappa shape index (κ3) is 3.38. The molecule has 0 saturated carbocycles. The van der Waals surface area contributed by atoms with E-state index in [4.69, 9.17) is 0 Å². The largest absolute Gasteiger partial charge is 0.270 e. The monoisotopic (exact) mass is 344 g/mol. The van der Waals surface area contributed by atoms with E-state index < -0.39 is 0 Å². The average molecular weight is 344 g/mol. The Kier molecular flexibility index (Phi) is 4.37. The van der Waals surface area contributed by atoms with Gasteiger partial charge in [0.15, 0.2) is 4.34 Å². The highest BCUT2D eigenvalue weighted by Gasteiger charge is 2.11. The van der Waals surface area contributed by atoms with Gasteiger partial charge in [0.1, 0.15) is 0 Å². The lowest BCUT2D eigenvalue weighted by Gasteiger charge is -2.10. The summed E-state index contributed by atoms with van der Waals surface area (Å²) in [5.74, 6) is 0.861. The molecule has 3 aromatic rings. The summed E-state index contributed by atoms with van der Waals surface area (Å²) < 4.78 is 1.80. The Labute approximate surface area is 142 Å². The number of nitro groups is 1. The molecule has 1 aromatic heterocycles. The summed E-state index contributed by atoms with van der Waals surface area (Å²) in [7, 11) is 0. The number of thioether (sulfide) groups is 1. The highest BCUT2D eigenvalue weighted by atomic mass is 32.2. The zero-order chi connectivity index (χ0) is 16.6. The van der Waals surface area contributed by atoms with E-state index in [1.54, 1.807) is 23.9 Å². The molecule has 0 bridgehead atoms. The lowest BCUT2D eigenvalue weighted by Crippen LogP contribution is -1.92. The van der Waals surface area contributed by atoms with Crippen LogP contribution in [0.15, 0.2) is 34.7 Å². The van der Waals surface area contributed by atoms with Gasteiger partial charge in [0.2, 0.25) is 0 Å². The molecule has 0 unspecified atom stereocenters. The van der Waals surface area contributed by atoms with Gasteiger partial charge < -0.3 is 0 Å². The van der Waals surface area contributed by atoms with Crippen LogP contribution < -0.4 is 0 Å². The van der Waals surface area contributed by atoms with Gasteiger partial charge in [-0.3, -0.25) is 10.1 Å². The predicted octanol–water partition coefficient (Wildman–Crippen LogP) is 5.42. The second-order valence-corrected chi connectivity index (χ2v) is 7.81. The number of nitrogens with zero attached hydrogens (tertiary/aromatic N) is 2. The number of nitro benzene ring substituents is 1. The molecule has 0 aliphatic rings. The lowest BCUT2D eigenvalue weighted by molar-refractivity contribution is -0.384. The molecule has 0 spiro atoms. The average Bonchev–Trinajstić information content (AvgIpc) is 2.87. The van der Waals surface area contributed by atoms with Gasteiger partial charge in [0.05, 0.1) is 15.1 Å². The highest BCUT2D eigenvalue weighted by Crippen LogP contribution is 2.34. The Morgan fingerprint density at radius 2 is 1.87 bits per heavy atom. The van der Waals surface area contributed by atoms with E-state index in [2.05, 4.69) is 37.9 Å². The van der Waals surface area contributed by atoms with Crippen molar-refractivity contribution >= 4 is 39.0 Å². The topological polar surface area (TPSA) is 56.0 Å². The Bertz CT molecular complexity index is 880. The van der Waals surface area contributed by atoms with Crippen LogP contribution in [0.4, 0.5) is 5.69 Å². The molecular weight excluding hydrogens is 328 g/mol. The maximum absolute atomic E-state index is 10.8. The molecule has 0 aliphatic heterocycles. The van der Waals surface area contributed by atoms with Gasteiger partial charge in [-0.1, -0.05) is 29.5 Å². The Hall–Kier alpha value is -1.92. The highest BCUT2D eigenvalue weighted by molar-refractivity contribution is 8.00. The summed E-state index contributed by atoms with van der Waals surface area (Å²) in [5, 5.41) is 10.8. The SMILES string of the molecule is Cc1cc(C)c(CSc2nc3ccc([N+](=O)[O-])cc3s2)c(C)c1. The van der Waals surface area contributed by atoms with Gasteiger partial charge in [0.25, 0.3) is 5.69 Å². The molecule has 2 aromatic carbocycles. The number of thiazole rings is 1. The van der Waals surface area contributed by atoms with Crippen LogP contribution >= 0.6 is 23.1 Å². The lowest BCUT2D eigenvalue weighted by atomic mass is 10.0. The number of aryl methyl sites for hydroxylation is 3. The van der Waals surface area contributed by atoms with Crippen LogP contribution in [0.25, 0.3) is 10.2 Å². The Balaban J connectivity index is 1.84. The molecule has 4 nitrogen and oxygen atoms in total. The molecule has 0 atom stereocenters. The first-order valence-electron chi connectivity index (χ1n) is 7.18. The second-order valence-electron chi connectivity index (χ2n) is 5.55. The Morgan fingerprint density at radius 1 is 1.17 bits per heavy atom. The van der Waals surface area contributed by atoms with E-state index >= 15 is 0 Å². The Morgan fingerprint density at radius 3 is 2.52 bits per heavy atom. The summed E-state index contributed by atoms with van der Waals surface area (Å²) >= 11 is 3.20. The molecule has 118 valence electrons. The van der Waals surface area contributed by atoms with Crippen molar-refractivity contribution in [2.45, 2.75) is 30.9 Å². The molecule has 0 fully saturated rings. The first-order valence-corrected chi connectivity index (χ1v) is 8.99. The zero-order valence-electron chi connectivity index (χ0n) is 13.1. The van der Waals surface area contributed by atoms with Crippen molar-refractivity contribution in [1.82, 2.24) is 4.98 Å². The summed E-state index contributed by atoms with van der Waals surface area (Å²) in [6.07, 6.45) is 0. The molecule has 3 rings (SSSR count). The minimum Gasteiger partial charge on any atom is -0.258 e. The summed E-state index contributed by atoms with van der Waals surface area (Å²) in [6.45, 7) is 6.38. The third-order valence-corrected chi connectivity index (χ3v) is 5.93. The smallest absolute Gasteiger partial charge is 0.258 e. The minimum absolute atomic E-state index is 0.114. The number of benzene rings is 2. The first kappa shape index (κ1) is 16.0. The van der Waals surface area contributed by atoms with E-state index in [0.29, 0.717) is 0 Å². The van der Waals surface area contributed by atoms with E-state index in [-0.39, 0.29) is 10.6 Å². The molecule has 1 heterocycles. The molecule has 0 N–H and O–H groups in total.